The molecule has 0 fully saturated rings. The molecule has 0 radical (unpaired) electrons. The zero-order chi connectivity index (χ0) is 16.4. The highest BCUT2D eigenvalue weighted by Gasteiger charge is 2.20. The number of hydrogen-bond acceptors (Lipinski definition) is 6. The highest BCUT2D eigenvalue weighted by molar-refractivity contribution is 8.00. The Morgan fingerprint density at radius 3 is 2.61 bits per heavy atom. The number of halogens is 1. The average Bonchev–Trinajstić information content (AvgIpc) is 3.16. The molecule has 2 aromatic heterocycles. The van der Waals surface area contributed by atoms with E-state index in [-0.39, 0.29) is 11.0 Å². The highest BCUT2D eigenvalue weighted by Crippen LogP contribution is 2.29. The fourth-order valence-electron chi connectivity index (χ4n) is 2.03. The first kappa shape index (κ1) is 15.8. The molecule has 2 heterocycles. The van der Waals surface area contributed by atoms with Gasteiger partial charge in [0.1, 0.15) is 5.76 Å². The molecule has 0 saturated heterocycles. The second-order valence-electron chi connectivity index (χ2n) is 4.89. The molecule has 3 aromatic rings. The van der Waals surface area contributed by atoms with Crippen molar-refractivity contribution in [2.45, 2.75) is 24.3 Å². The van der Waals surface area contributed by atoms with Gasteiger partial charge in [0, 0.05) is 10.6 Å². The van der Waals surface area contributed by atoms with E-state index in [0.717, 1.165) is 5.56 Å². The van der Waals surface area contributed by atoms with E-state index < -0.39 is 0 Å². The zero-order valence-electron chi connectivity index (χ0n) is 12.4. The van der Waals surface area contributed by atoms with Gasteiger partial charge in [-0.3, -0.25) is 4.79 Å². The first-order valence-electron chi connectivity index (χ1n) is 6.89. The summed E-state index contributed by atoms with van der Waals surface area (Å²) in [4.78, 5) is 12.4. The summed E-state index contributed by atoms with van der Waals surface area (Å²) < 4.78 is 10.8. The first-order chi connectivity index (χ1) is 11.0. The Kier molecular flexibility index (Phi) is 4.54. The van der Waals surface area contributed by atoms with Crippen molar-refractivity contribution in [3.05, 3.63) is 52.9 Å². The van der Waals surface area contributed by atoms with E-state index in [1.807, 2.05) is 6.92 Å². The topological polar surface area (TPSA) is 69.1 Å². The number of Topliss-reactive ketones (excluding diaryl/α,β-unsaturated/α-hetero) is 1. The smallest absolute Gasteiger partial charge is 0.277 e. The minimum atomic E-state index is -0.352. The summed E-state index contributed by atoms with van der Waals surface area (Å²) >= 11 is 7.05. The van der Waals surface area contributed by atoms with Crippen molar-refractivity contribution in [1.29, 1.82) is 0 Å². The Hall–Kier alpha value is -2.05. The Bertz CT molecular complexity index is 826. The molecule has 118 valence electrons. The van der Waals surface area contributed by atoms with Crippen molar-refractivity contribution >= 4 is 29.1 Å². The van der Waals surface area contributed by atoms with E-state index in [2.05, 4.69) is 10.2 Å². The van der Waals surface area contributed by atoms with E-state index in [1.165, 1.54) is 11.8 Å². The molecule has 1 aromatic carbocycles. The van der Waals surface area contributed by atoms with Crippen molar-refractivity contribution in [2.24, 2.45) is 0 Å². The number of furan rings is 1. The number of rotatable bonds is 5. The van der Waals surface area contributed by atoms with Gasteiger partial charge in [0.05, 0.1) is 17.1 Å². The van der Waals surface area contributed by atoms with E-state index in [0.29, 0.717) is 27.5 Å². The number of ketones is 1. The van der Waals surface area contributed by atoms with Crippen LogP contribution in [-0.2, 0) is 0 Å². The van der Waals surface area contributed by atoms with Gasteiger partial charge in [-0.05, 0) is 44.2 Å². The molecule has 0 bridgehead atoms. The van der Waals surface area contributed by atoms with Crippen LogP contribution in [0.4, 0.5) is 0 Å². The van der Waals surface area contributed by atoms with Gasteiger partial charge in [-0.1, -0.05) is 23.4 Å². The van der Waals surface area contributed by atoms with E-state index >= 15 is 0 Å². The fraction of sp³-hybridized carbons (Fsp3) is 0.188. The summed E-state index contributed by atoms with van der Waals surface area (Å²) in [5, 5.41) is 8.55. The number of carbonyl (C=O) groups is 1. The number of nitrogens with zero attached hydrogens (tertiary/aromatic N) is 2. The molecular weight excluding hydrogens is 336 g/mol. The van der Waals surface area contributed by atoms with Crippen molar-refractivity contribution in [2.75, 3.05) is 0 Å². The molecule has 0 spiro atoms. The Morgan fingerprint density at radius 2 is 1.96 bits per heavy atom. The molecule has 0 aliphatic rings. The number of aryl methyl sites for hydroxylation is 1. The minimum Gasteiger partial charge on any atom is -0.469 e. The summed E-state index contributed by atoms with van der Waals surface area (Å²) in [5.41, 5.74) is 1.35. The molecule has 0 N–H and O–H groups in total. The van der Waals surface area contributed by atoms with Gasteiger partial charge in [-0.15, -0.1) is 10.2 Å². The summed E-state index contributed by atoms with van der Waals surface area (Å²) in [5.74, 6) is 1.06. The maximum atomic E-state index is 12.4. The third kappa shape index (κ3) is 3.48. The Labute approximate surface area is 142 Å². The van der Waals surface area contributed by atoms with Crippen molar-refractivity contribution in [1.82, 2.24) is 10.2 Å². The summed E-state index contributed by atoms with van der Waals surface area (Å²) in [6.45, 7) is 3.62. The quantitative estimate of drug-likeness (QED) is 0.493. The fourth-order valence-corrected chi connectivity index (χ4v) is 2.91. The Morgan fingerprint density at radius 1 is 1.22 bits per heavy atom. The molecule has 0 amide bonds. The molecule has 3 rings (SSSR count). The van der Waals surface area contributed by atoms with Crippen molar-refractivity contribution in [3.8, 4) is 11.5 Å². The monoisotopic (exact) mass is 348 g/mol. The van der Waals surface area contributed by atoms with Crippen LogP contribution < -0.4 is 0 Å². The molecular formula is C16H13ClN2O3S. The number of thioether (sulfide) groups is 1. The van der Waals surface area contributed by atoms with Crippen LogP contribution in [-0.4, -0.2) is 21.2 Å². The maximum absolute atomic E-state index is 12.4. The molecule has 0 aliphatic carbocycles. The third-order valence-electron chi connectivity index (χ3n) is 3.27. The summed E-state index contributed by atoms with van der Waals surface area (Å²) in [6, 6.07) is 8.56. The number of hydrogen-bond donors (Lipinski definition) is 0. The second-order valence-corrected chi connectivity index (χ2v) is 6.62. The van der Waals surface area contributed by atoms with Crippen LogP contribution in [0.1, 0.15) is 23.0 Å². The van der Waals surface area contributed by atoms with Crippen LogP contribution in [0, 0.1) is 6.92 Å². The predicted molar refractivity (Wildman–Crippen MR) is 87.8 cm³/mol. The molecule has 5 nitrogen and oxygen atoms in total. The van der Waals surface area contributed by atoms with Crippen LogP contribution in [0.5, 0.6) is 0 Å². The SMILES string of the molecule is Cc1occc1-c1nnc(S[C@@H](C)C(=O)c2ccc(Cl)cc2)o1. The van der Waals surface area contributed by atoms with Gasteiger partial charge in [0.15, 0.2) is 5.78 Å². The lowest BCUT2D eigenvalue weighted by molar-refractivity contribution is 0.0993. The lowest BCUT2D eigenvalue weighted by atomic mass is 10.1. The third-order valence-corrected chi connectivity index (χ3v) is 4.46. The number of benzene rings is 1. The van der Waals surface area contributed by atoms with Gasteiger partial charge >= 0.3 is 0 Å². The van der Waals surface area contributed by atoms with Crippen molar-refractivity contribution < 1.29 is 13.6 Å². The van der Waals surface area contributed by atoms with E-state index in [4.69, 9.17) is 20.4 Å². The van der Waals surface area contributed by atoms with E-state index in [9.17, 15) is 4.79 Å². The molecule has 7 heteroatoms. The number of aromatic nitrogens is 2. The maximum Gasteiger partial charge on any atom is 0.277 e. The molecule has 0 saturated carbocycles. The van der Waals surface area contributed by atoms with Gasteiger partial charge in [0.2, 0.25) is 0 Å². The summed E-state index contributed by atoms with van der Waals surface area (Å²) in [7, 11) is 0. The largest absolute Gasteiger partial charge is 0.469 e. The zero-order valence-corrected chi connectivity index (χ0v) is 14.0. The highest BCUT2D eigenvalue weighted by atomic mass is 35.5. The van der Waals surface area contributed by atoms with Gasteiger partial charge in [-0.25, -0.2) is 0 Å². The van der Waals surface area contributed by atoms with Crippen LogP contribution in [0.25, 0.3) is 11.5 Å². The van der Waals surface area contributed by atoms with Crippen LogP contribution in [0.2, 0.25) is 5.02 Å². The summed E-state index contributed by atoms with van der Waals surface area (Å²) in [6.07, 6.45) is 1.56. The molecule has 0 unspecified atom stereocenters. The molecule has 1 atom stereocenters. The molecule has 23 heavy (non-hydrogen) atoms. The molecule has 0 aliphatic heterocycles. The normalized spacial score (nSPS) is 12.3. The minimum absolute atomic E-state index is 0.0223. The van der Waals surface area contributed by atoms with Crippen LogP contribution in [0.15, 0.2) is 50.7 Å². The van der Waals surface area contributed by atoms with Gasteiger partial charge in [0.25, 0.3) is 11.1 Å². The number of carbonyl (C=O) groups excluding carboxylic acids is 1. The van der Waals surface area contributed by atoms with Crippen LogP contribution >= 0.6 is 23.4 Å². The first-order valence-corrected chi connectivity index (χ1v) is 8.15. The van der Waals surface area contributed by atoms with Crippen molar-refractivity contribution in [3.63, 3.8) is 0 Å². The van der Waals surface area contributed by atoms with Crippen LogP contribution in [0.3, 0.4) is 0 Å². The van der Waals surface area contributed by atoms with Gasteiger partial charge < -0.3 is 8.83 Å². The lowest BCUT2D eigenvalue weighted by Gasteiger charge is -2.07. The average molecular weight is 349 g/mol. The lowest BCUT2D eigenvalue weighted by Crippen LogP contribution is -2.13. The second kappa shape index (κ2) is 6.60. The Balaban J connectivity index is 1.72. The standard InChI is InChI=1S/C16H13ClN2O3S/c1-9-13(7-8-21-9)15-18-19-16(22-15)23-10(2)14(20)11-3-5-12(17)6-4-11/h3-8,10H,1-2H3/t10-/m0/s1. The predicted octanol–water partition coefficient (Wildman–Crippen LogP) is 4.65. The van der Waals surface area contributed by atoms with Gasteiger partial charge in [-0.2, -0.15) is 0 Å². The van der Waals surface area contributed by atoms with E-state index in [1.54, 1.807) is 43.5 Å².